The minimum Gasteiger partial charge on any atom is -0.397 e. The van der Waals surface area contributed by atoms with Crippen molar-refractivity contribution in [2.75, 3.05) is 17.6 Å². The van der Waals surface area contributed by atoms with Crippen molar-refractivity contribution in [3.63, 3.8) is 0 Å². The van der Waals surface area contributed by atoms with Crippen LogP contribution in [0.1, 0.15) is 19.8 Å². The molecule has 0 aromatic heterocycles. The summed E-state index contributed by atoms with van der Waals surface area (Å²) in [6, 6.07) is 1.05. The number of anilines is 2. The Labute approximate surface area is 98.2 Å². The van der Waals surface area contributed by atoms with E-state index >= 15 is 0 Å². The number of nitrogens with two attached hydrogens (primary N) is 1. The number of hydrogen-bond donors (Lipinski definition) is 3. The molecular weight excluding hydrogens is 228 g/mol. The normalized spacial score (nSPS) is 10.1. The van der Waals surface area contributed by atoms with Crippen LogP contribution in [-0.4, -0.2) is 12.6 Å². The second-order valence-corrected chi connectivity index (χ2v) is 3.59. The topological polar surface area (TPSA) is 67.2 Å². The number of rotatable bonds is 4. The van der Waals surface area contributed by atoms with Crippen LogP contribution >= 0.6 is 0 Å². The smallest absolute Gasteiger partial charge is 0.319 e. The molecule has 0 saturated carbocycles. The van der Waals surface area contributed by atoms with Gasteiger partial charge in [0.25, 0.3) is 0 Å². The zero-order valence-corrected chi connectivity index (χ0v) is 9.52. The molecule has 0 aliphatic heterocycles. The summed E-state index contributed by atoms with van der Waals surface area (Å²) in [5, 5.41) is 4.78. The monoisotopic (exact) mass is 243 g/mol. The fourth-order valence-electron chi connectivity index (χ4n) is 1.26. The maximum Gasteiger partial charge on any atom is 0.319 e. The molecule has 17 heavy (non-hydrogen) atoms. The molecule has 1 rings (SSSR count). The number of halogens is 2. The average molecular weight is 243 g/mol. The van der Waals surface area contributed by atoms with E-state index in [1.54, 1.807) is 0 Å². The van der Waals surface area contributed by atoms with Crippen molar-refractivity contribution < 1.29 is 13.6 Å². The Morgan fingerprint density at radius 1 is 1.41 bits per heavy atom. The van der Waals surface area contributed by atoms with Crippen LogP contribution in [-0.2, 0) is 0 Å². The average Bonchev–Trinajstić information content (AvgIpc) is 2.24. The third-order valence-electron chi connectivity index (χ3n) is 2.14. The maximum atomic E-state index is 13.3. The van der Waals surface area contributed by atoms with E-state index in [9.17, 15) is 13.6 Å². The molecule has 0 atom stereocenters. The Hall–Kier alpha value is -1.85. The molecule has 2 amide bonds. The zero-order chi connectivity index (χ0) is 12.8. The first kappa shape index (κ1) is 13.2. The first-order chi connectivity index (χ1) is 8.04. The fraction of sp³-hybridized carbons (Fsp3) is 0.364. The molecule has 0 bridgehead atoms. The van der Waals surface area contributed by atoms with Crippen molar-refractivity contribution in [2.24, 2.45) is 0 Å². The molecule has 4 nitrogen and oxygen atoms in total. The predicted molar refractivity (Wildman–Crippen MR) is 62.7 cm³/mol. The van der Waals surface area contributed by atoms with Crippen LogP contribution in [0.5, 0.6) is 0 Å². The van der Waals surface area contributed by atoms with E-state index in [1.807, 2.05) is 6.92 Å². The van der Waals surface area contributed by atoms with Crippen LogP contribution in [0, 0.1) is 11.6 Å². The molecule has 0 spiro atoms. The van der Waals surface area contributed by atoms with Crippen molar-refractivity contribution in [2.45, 2.75) is 19.8 Å². The summed E-state index contributed by atoms with van der Waals surface area (Å²) in [6.07, 6.45) is 1.77. The number of unbranched alkanes of at least 4 members (excludes halogenated alkanes) is 1. The van der Waals surface area contributed by atoms with Gasteiger partial charge in [0.05, 0.1) is 5.69 Å². The summed E-state index contributed by atoms with van der Waals surface area (Å²) in [4.78, 5) is 11.3. The van der Waals surface area contributed by atoms with E-state index in [0.717, 1.165) is 18.9 Å². The molecule has 1 aromatic rings. The van der Waals surface area contributed by atoms with E-state index in [2.05, 4.69) is 10.6 Å². The second-order valence-electron chi connectivity index (χ2n) is 3.59. The number of nitrogen functional groups attached to an aromatic ring is 1. The first-order valence-electron chi connectivity index (χ1n) is 5.34. The SMILES string of the molecule is CCCCNC(=O)Nc1c(N)cc(F)cc1F. The van der Waals surface area contributed by atoms with Gasteiger partial charge in [0.2, 0.25) is 0 Å². The lowest BCUT2D eigenvalue weighted by Gasteiger charge is -2.10. The summed E-state index contributed by atoms with van der Waals surface area (Å²) < 4.78 is 26.0. The summed E-state index contributed by atoms with van der Waals surface area (Å²) in [5.74, 6) is -1.68. The highest BCUT2D eigenvalue weighted by Crippen LogP contribution is 2.23. The highest BCUT2D eigenvalue weighted by molar-refractivity contribution is 5.92. The molecule has 0 fully saturated rings. The number of benzene rings is 1. The van der Waals surface area contributed by atoms with Crippen LogP contribution in [0.4, 0.5) is 25.0 Å². The fourth-order valence-corrected chi connectivity index (χ4v) is 1.26. The van der Waals surface area contributed by atoms with Gasteiger partial charge in [-0.3, -0.25) is 0 Å². The molecule has 94 valence electrons. The quantitative estimate of drug-likeness (QED) is 0.561. The van der Waals surface area contributed by atoms with E-state index in [0.29, 0.717) is 12.6 Å². The third kappa shape index (κ3) is 3.90. The Bertz CT molecular complexity index is 387. The number of carbonyl (C=O) groups excluding carboxylic acids is 1. The van der Waals surface area contributed by atoms with Crippen LogP contribution in [0.25, 0.3) is 0 Å². The van der Waals surface area contributed by atoms with Gasteiger partial charge in [0, 0.05) is 12.6 Å². The van der Waals surface area contributed by atoms with Crippen LogP contribution in [0.3, 0.4) is 0 Å². The van der Waals surface area contributed by atoms with Crippen molar-refractivity contribution in [1.29, 1.82) is 0 Å². The van der Waals surface area contributed by atoms with Gasteiger partial charge >= 0.3 is 6.03 Å². The third-order valence-corrected chi connectivity index (χ3v) is 2.14. The van der Waals surface area contributed by atoms with E-state index < -0.39 is 17.7 Å². The Morgan fingerprint density at radius 2 is 2.12 bits per heavy atom. The minimum absolute atomic E-state index is 0.145. The van der Waals surface area contributed by atoms with Crippen LogP contribution in [0.2, 0.25) is 0 Å². The minimum atomic E-state index is -0.895. The molecular formula is C11H15F2N3O. The van der Waals surface area contributed by atoms with Gasteiger partial charge in [0.1, 0.15) is 11.5 Å². The van der Waals surface area contributed by atoms with E-state index in [1.165, 1.54) is 0 Å². The summed E-state index contributed by atoms with van der Waals surface area (Å²) in [6.45, 7) is 2.47. The number of amides is 2. The lowest BCUT2D eigenvalue weighted by Crippen LogP contribution is -2.30. The molecule has 0 heterocycles. The van der Waals surface area contributed by atoms with Crippen molar-refractivity contribution in [1.82, 2.24) is 5.32 Å². The summed E-state index contributed by atoms with van der Waals surface area (Å²) in [7, 11) is 0. The first-order valence-corrected chi connectivity index (χ1v) is 5.34. The highest BCUT2D eigenvalue weighted by Gasteiger charge is 2.11. The molecule has 0 unspecified atom stereocenters. The van der Waals surface area contributed by atoms with Gasteiger partial charge in [-0.15, -0.1) is 0 Å². The summed E-state index contributed by atoms with van der Waals surface area (Å²) in [5.41, 5.74) is 5.05. The molecule has 4 N–H and O–H groups in total. The lowest BCUT2D eigenvalue weighted by molar-refractivity contribution is 0.252. The van der Waals surface area contributed by atoms with Gasteiger partial charge in [-0.05, 0) is 12.5 Å². The van der Waals surface area contributed by atoms with Crippen molar-refractivity contribution in [3.05, 3.63) is 23.8 Å². The van der Waals surface area contributed by atoms with Crippen LogP contribution < -0.4 is 16.4 Å². The molecule has 0 saturated heterocycles. The van der Waals surface area contributed by atoms with Gasteiger partial charge < -0.3 is 16.4 Å². The largest absolute Gasteiger partial charge is 0.397 e. The Balaban J connectivity index is 2.65. The highest BCUT2D eigenvalue weighted by atomic mass is 19.1. The zero-order valence-electron chi connectivity index (χ0n) is 9.52. The van der Waals surface area contributed by atoms with Gasteiger partial charge in [0.15, 0.2) is 5.82 Å². The molecule has 6 heteroatoms. The molecule has 0 aliphatic carbocycles. The standard InChI is InChI=1S/C11H15F2N3O/c1-2-3-4-15-11(17)16-10-8(13)5-7(12)6-9(10)14/h5-6H,2-4,14H2,1H3,(H2,15,16,17). The Kier molecular flexibility index (Phi) is 4.68. The number of hydrogen-bond acceptors (Lipinski definition) is 2. The van der Waals surface area contributed by atoms with Crippen LogP contribution in [0.15, 0.2) is 12.1 Å². The molecule has 0 radical (unpaired) electrons. The number of nitrogens with one attached hydrogen (secondary N) is 2. The van der Waals surface area contributed by atoms with Crippen molar-refractivity contribution >= 4 is 17.4 Å². The molecule has 0 aliphatic rings. The Morgan fingerprint density at radius 3 is 2.71 bits per heavy atom. The second kappa shape index (κ2) is 6.03. The van der Waals surface area contributed by atoms with Gasteiger partial charge in [-0.1, -0.05) is 13.3 Å². The maximum absolute atomic E-state index is 13.3. The number of urea groups is 1. The predicted octanol–water partition coefficient (Wildman–Crippen LogP) is 2.47. The number of carbonyl (C=O) groups is 1. The lowest BCUT2D eigenvalue weighted by atomic mass is 10.2. The summed E-state index contributed by atoms with van der Waals surface area (Å²) >= 11 is 0. The van der Waals surface area contributed by atoms with E-state index in [4.69, 9.17) is 5.73 Å². The van der Waals surface area contributed by atoms with Gasteiger partial charge in [-0.25, -0.2) is 13.6 Å². The van der Waals surface area contributed by atoms with Crippen molar-refractivity contribution in [3.8, 4) is 0 Å². The van der Waals surface area contributed by atoms with E-state index in [-0.39, 0.29) is 11.4 Å². The molecule has 1 aromatic carbocycles. The van der Waals surface area contributed by atoms with Gasteiger partial charge in [-0.2, -0.15) is 0 Å².